The van der Waals surface area contributed by atoms with Crippen molar-refractivity contribution >= 4 is 6.03 Å². The van der Waals surface area contributed by atoms with Gasteiger partial charge in [0.15, 0.2) is 11.6 Å². The van der Waals surface area contributed by atoms with Crippen LogP contribution in [0.1, 0.15) is 19.4 Å². The van der Waals surface area contributed by atoms with Gasteiger partial charge in [0.2, 0.25) is 0 Å². The number of benzene rings is 1. The number of hydrogen-bond donors (Lipinski definition) is 1. The molecule has 1 N–H and O–H groups in total. The molecule has 1 atom stereocenters. The van der Waals surface area contributed by atoms with E-state index in [1.807, 2.05) is 0 Å². The first kappa shape index (κ1) is 19.6. The van der Waals surface area contributed by atoms with Gasteiger partial charge in [0.1, 0.15) is 0 Å². The minimum atomic E-state index is -0.904. The van der Waals surface area contributed by atoms with Crippen molar-refractivity contribution < 1.29 is 18.3 Å². The molecule has 1 aliphatic rings. The molecule has 0 aliphatic carbocycles. The molecule has 1 unspecified atom stereocenters. The fourth-order valence-electron chi connectivity index (χ4n) is 3.01. The van der Waals surface area contributed by atoms with Crippen LogP contribution in [-0.2, 0) is 11.3 Å². The molecule has 140 valence electrons. The summed E-state index contributed by atoms with van der Waals surface area (Å²) in [7, 11) is 1.63. The summed E-state index contributed by atoms with van der Waals surface area (Å²) < 4.78 is 31.6. The van der Waals surface area contributed by atoms with Crippen LogP contribution in [0.2, 0.25) is 0 Å². The minimum absolute atomic E-state index is 0.215. The number of morpholine rings is 1. The molecule has 5 nitrogen and oxygen atoms in total. The van der Waals surface area contributed by atoms with Crippen LogP contribution in [0.15, 0.2) is 18.2 Å². The molecule has 1 saturated heterocycles. The third kappa shape index (κ3) is 5.64. The smallest absolute Gasteiger partial charge is 0.317 e. The first-order valence-corrected chi connectivity index (χ1v) is 8.63. The van der Waals surface area contributed by atoms with E-state index in [9.17, 15) is 13.6 Å². The van der Waals surface area contributed by atoms with Gasteiger partial charge in [-0.1, -0.05) is 19.9 Å². The van der Waals surface area contributed by atoms with Crippen molar-refractivity contribution in [3.8, 4) is 0 Å². The molecule has 2 rings (SSSR count). The van der Waals surface area contributed by atoms with Crippen LogP contribution in [0.3, 0.4) is 0 Å². The number of nitrogens with one attached hydrogen (secondary N) is 1. The zero-order valence-electron chi connectivity index (χ0n) is 15.1. The second kappa shape index (κ2) is 9.10. The van der Waals surface area contributed by atoms with E-state index in [0.29, 0.717) is 31.2 Å². The Morgan fingerprint density at radius 3 is 2.56 bits per heavy atom. The van der Waals surface area contributed by atoms with Crippen LogP contribution in [0.25, 0.3) is 0 Å². The molecule has 1 heterocycles. The van der Waals surface area contributed by atoms with Gasteiger partial charge >= 0.3 is 6.03 Å². The Balaban J connectivity index is 1.87. The maximum Gasteiger partial charge on any atom is 0.317 e. The Morgan fingerprint density at radius 2 is 1.96 bits per heavy atom. The van der Waals surface area contributed by atoms with Gasteiger partial charge in [-0.25, -0.2) is 13.6 Å². The summed E-state index contributed by atoms with van der Waals surface area (Å²) in [6.45, 7) is 8.19. The van der Waals surface area contributed by atoms with Crippen molar-refractivity contribution in [2.75, 3.05) is 39.9 Å². The highest BCUT2D eigenvalue weighted by atomic mass is 19.2. The second-order valence-corrected chi connectivity index (χ2v) is 6.75. The quantitative estimate of drug-likeness (QED) is 0.853. The van der Waals surface area contributed by atoms with Crippen molar-refractivity contribution in [3.63, 3.8) is 0 Å². The van der Waals surface area contributed by atoms with Crippen LogP contribution in [-0.4, -0.2) is 61.8 Å². The van der Waals surface area contributed by atoms with Crippen LogP contribution in [0, 0.1) is 17.6 Å². The van der Waals surface area contributed by atoms with E-state index in [1.54, 1.807) is 7.05 Å². The van der Waals surface area contributed by atoms with Gasteiger partial charge in [-0.05, 0) is 23.6 Å². The standard InChI is InChI=1S/C18H27F2N3O2/c1-13(2)17(23-6-8-25-9-7-23)11-21-18(24)22(3)12-14-4-5-15(19)16(20)10-14/h4-5,10,13,17H,6-9,11-12H2,1-3H3,(H,21,24). The van der Waals surface area contributed by atoms with E-state index >= 15 is 0 Å². The maximum absolute atomic E-state index is 13.3. The van der Waals surface area contributed by atoms with Gasteiger partial charge in [-0.2, -0.15) is 0 Å². The highest BCUT2D eigenvalue weighted by Gasteiger charge is 2.24. The van der Waals surface area contributed by atoms with E-state index in [4.69, 9.17) is 4.74 Å². The Labute approximate surface area is 147 Å². The van der Waals surface area contributed by atoms with Crippen molar-refractivity contribution in [1.29, 1.82) is 0 Å². The monoisotopic (exact) mass is 355 g/mol. The van der Waals surface area contributed by atoms with Gasteiger partial charge in [-0.3, -0.25) is 4.90 Å². The molecule has 2 amide bonds. The number of urea groups is 1. The first-order valence-electron chi connectivity index (χ1n) is 8.63. The van der Waals surface area contributed by atoms with Crippen molar-refractivity contribution in [3.05, 3.63) is 35.4 Å². The average molecular weight is 355 g/mol. The fraction of sp³-hybridized carbons (Fsp3) is 0.611. The maximum atomic E-state index is 13.3. The van der Waals surface area contributed by atoms with Gasteiger partial charge in [0.05, 0.1) is 13.2 Å². The summed E-state index contributed by atoms with van der Waals surface area (Å²) in [6.07, 6.45) is 0. The van der Waals surface area contributed by atoms with Crippen LogP contribution in [0.5, 0.6) is 0 Å². The average Bonchev–Trinajstić information content (AvgIpc) is 2.58. The predicted molar refractivity (Wildman–Crippen MR) is 92.2 cm³/mol. The van der Waals surface area contributed by atoms with Crippen molar-refractivity contribution in [1.82, 2.24) is 15.1 Å². The number of ether oxygens (including phenoxy) is 1. The molecular formula is C18H27F2N3O2. The highest BCUT2D eigenvalue weighted by Crippen LogP contribution is 2.13. The molecular weight excluding hydrogens is 328 g/mol. The lowest BCUT2D eigenvalue weighted by Crippen LogP contribution is -2.52. The lowest BCUT2D eigenvalue weighted by molar-refractivity contribution is 0.00697. The van der Waals surface area contributed by atoms with Crippen molar-refractivity contribution in [2.24, 2.45) is 5.92 Å². The Bertz CT molecular complexity index is 577. The molecule has 1 aromatic rings. The van der Waals surface area contributed by atoms with Gasteiger partial charge < -0.3 is 15.0 Å². The summed E-state index contributed by atoms with van der Waals surface area (Å²) in [5.74, 6) is -1.39. The Kier molecular flexibility index (Phi) is 7.13. The zero-order valence-corrected chi connectivity index (χ0v) is 15.1. The summed E-state index contributed by atoms with van der Waals surface area (Å²) in [4.78, 5) is 16.1. The Morgan fingerprint density at radius 1 is 1.28 bits per heavy atom. The van der Waals surface area contributed by atoms with Crippen LogP contribution in [0.4, 0.5) is 13.6 Å². The van der Waals surface area contributed by atoms with E-state index in [-0.39, 0.29) is 18.6 Å². The molecule has 25 heavy (non-hydrogen) atoms. The predicted octanol–water partition coefficient (Wildman–Crippen LogP) is 2.46. The van der Waals surface area contributed by atoms with Crippen LogP contribution < -0.4 is 5.32 Å². The summed E-state index contributed by atoms with van der Waals surface area (Å²) >= 11 is 0. The molecule has 0 bridgehead atoms. The lowest BCUT2D eigenvalue weighted by Gasteiger charge is -2.37. The lowest BCUT2D eigenvalue weighted by atomic mass is 10.0. The Hall–Kier alpha value is -1.73. The number of nitrogens with zero attached hydrogens (tertiary/aromatic N) is 2. The van der Waals surface area contributed by atoms with Gasteiger partial charge in [0, 0.05) is 39.3 Å². The third-order valence-corrected chi connectivity index (χ3v) is 4.50. The van der Waals surface area contributed by atoms with Gasteiger partial charge in [0.25, 0.3) is 0 Å². The molecule has 7 heteroatoms. The van der Waals surface area contributed by atoms with E-state index in [2.05, 4.69) is 24.1 Å². The normalized spacial score (nSPS) is 16.7. The number of carbonyl (C=O) groups excluding carboxylic acids is 1. The number of halogens is 2. The summed E-state index contributed by atoms with van der Waals surface area (Å²) in [5.41, 5.74) is 0.546. The molecule has 1 aromatic carbocycles. The third-order valence-electron chi connectivity index (χ3n) is 4.50. The molecule has 0 saturated carbocycles. The number of rotatable bonds is 6. The first-order chi connectivity index (χ1) is 11.9. The second-order valence-electron chi connectivity index (χ2n) is 6.75. The van der Waals surface area contributed by atoms with Crippen LogP contribution >= 0.6 is 0 Å². The minimum Gasteiger partial charge on any atom is -0.379 e. The summed E-state index contributed by atoms with van der Waals surface area (Å²) in [5, 5.41) is 2.94. The molecule has 1 fully saturated rings. The SMILES string of the molecule is CC(C)C(CNC(=O)N(C)Cc1ccc(F)c(F)c1)N1CCOCC1. The van der Waals surface area contributed by atoms with E-state index < -0.39 is 11.6 Å². The molecule has 0 spiro atoms. The summed E-state index contributed by atoms with van der Waals surface area (Å²) in [6, 6.07) is 3.67. The fourth-order valence-corrected chi connectivity index (χ4v) is 3.01. The van der Waals surface area contributed by atoms with E-state index in [1.165, 1.54) is 11.0 Å². The topological polar surface area (TPSA) is 44.8 Å². The molecule has 1 aliphatic heterocycles. The number of amides is 2. The molecule has 0 aromatic heterocycles. The number of carbonyl (C=O) groups is 1. The van der Waals surface area contributed by atoms with E-state index in [0.717, 1.165) is 25.2 Å². The number of hydrogen-bond acceptors (Lipinski definition) is 3. The van der Waals surface area contributed by atoms with Crippen molar-refractivity contribution in [2.45, 2.75) is 26.4 Å². The largest absolute Gasteiger partial charge is 0.379 e. The zero-order chi connectivity index (χ0) is 18.4. The highest BCUT2D eigenvalue weighted by molar-refractivity contribution is 5.73. The van der Waals surface area contributed by atoms with Gasteiger partial charge in [-0.15, -0.1) is 0 Å². The molecule has 0 radical (unpaired) electrons.